The van der Waals surface area contributed by atoms with Crippen LogP contribution in [0.15, 0.2) is 18.2 Å². The number of amides is 2. The van der Waals surface area contributed by atoms with Crippen molar-refractivity contribution in [3.8, 4) is 6.07 Å². The number of benzene rings is 1. The predicted octanol–water partition coefficient (Wildman–Crippen LogP) is 0.966. The molecule has 6 unspecified atom stereocenters. The van der Waals surface area contributed by atoms with E-state index in [1.54, 1.807) is 0 Å². The van der Waals surface area contributed by atoms with Gasteiger partial charge in [0.25, 0.3) is 0 Å². The molecule has 2 N–H and O–H groups in total. The van der Waals surface area contributed by atoms with E-state index >= 15 is 0 Å². The van der Waals surface area contributed by atoms with Gasteiger partial charge < -0.3 is 14.9 Å². The van der Waals surface area contributed by atoms with Crippen molar-refractivity contribution in [2.75, 3.05) is 4.90 Å². The summed E-state index contributed by atoms with van der Waals surface area (Å²) < 4.78 is 46.6. The molecule has 0 spiro atoms. The van der Waals surface area contributed by atoms with Gasteiger partial charge in [0.15, 0.2) is 0 Å². The molecule has 1 aromatic carbocycles. The minimum absolute atomic E-state index is 0.406. The maximum atomic E-state index is 13.6. The highest BCUT2D eigenvalue weighted by molar-refractivity contribution is 6.23. The molecule has 3 fully saturated rings. The van der Waals surface area contributed by atoms with Crippen molar-refractivity contribution in [3.05, 3.63) is 29.3 Å². The molecule has 2 bridgehead atoms. The van der Waals surface area contributed by atoms with Crippen molar-refractivity contribution < 1.29 is 37.7 Å². The Bertz CT molecular complexity index is 920. The van der Waals surface area contributed by atoms with E-state index in [0.717, 1.165) is 18.2 Å². The van der Waals surface area contributed by atoms with Gasteiger partial charge in [0.1, 0.15) is 23.4 Å². The monoisotopic (exact) mass is 396 g/mol. The lowest BCUT2D eigenvalue weighted by atomic mass is 9.66. The van der Waals surface area contributed by atoms with Gasteiger partial charge in [-0.25, -0.2) is 4.90 Å². The van der Waals surface area contributed by atoms with E-state index in [0.29, 0.717) is 4.90 Å². The van der Waals surface area contributed by atoms with Gasteiger partial charge in [-0.15, -0.1) is 0 Å². The van der Waals surface area contributed by atoms with Gasteiger partial charge in [0.05, 0.1) is 34.7 Å². The first kappa shape index (κ1) is 18.9. The number of aliphatic hydroxyl groups excluding tert-OH is 2. The molecule has 0 radical (unpaired) electrons. The van der Waals surface area contributed by atoms with E-state index in [2.05, 4.69) is 0 Å². The number of hydrogen-bond acceptors (Lipinski definition) is 6. The van der Waals surface area contributed by atoms with Gasteiger partial charge >= 0.3 is 6.18 Å². The summed E-state index contributed by atoms with van der Waals surface area (Å²) in [6.45, 7) is 2.70. The highest BCUT2D eigenvalue weighted by Gasteiger charge is 2.79. The molecule has 4 rings (SSSR count). The van der Waals surface area contributed by atoms with Crippen molar-refractivity contribution in [1.82, 2.24) is 0 Å². The Morgan fingerprint density at radius 3 is 2.04 bits per heavy atom. The Labute approximate surface area is 156 Å². The van der Waals surface area contributed by atoms with E-state index in [9.17, 15) is 33.0 Å². The number of carbonyl (C=O) groups is 2. The average molecular weight is 396 g/mol. The molecule has 0 aliphatic carbocycles. The Hall–Kier alpha value is -2.48. The molecule has 3 saturated heterocycles. The van der Waals surface area contributed by atoms with Gasteiger partial charge in [-0.05, 0) is 26.0 Å². The Kier molecular flexibility index (Phi) is 3.58. The van der Waals surface area contributed by atoms with Crippen LogP contribution in [0.25, 0.3) is 0 Å². The molecule has 0 saturated carbocycles. The van der Waals surface area contributed by atoms with Gasteiger partial charge in [0, 0.05) is 0 Å². The second-order valence-electron chi connectivity index (χ2n) is 7.64. The highest BCUT2D eigenvalue weighted by atomic mass is 19.4. The number of anilines is 1. The van der Waals surface area contributed by atoms with Crippen LogP contribution in [0.2, 0.25) is 0 Å². The van der Waals surface area contributed by atoms with Gasteiger partial charge in [0.2, 0.25) is 11.8 Å². The number of fused-ring (bicyclic) bond motifs is 5. The molecule has 1 aromatic rings. The van der Waals surface area contributed by atoms with Crippen molar-refractivity contribution in [2.45, 2.75) is 43.4 Å². The average Bonchev–Trinajstić information content (AvgIpc) is 3.10. The van der Waals surface area contributed by atoms with Crippen molar-refractivity contribution >= 4 is 17.5 Å². The first-order valence-electron chi connectivity index (χ1n) is 8.44. The lowest BCUT2D eigenvalue weighted by Gasteiger charge is -2.35. The molecule has 3 aliphatic heterocycles. The number of imide groups is 1. The van der Waals surface area contributed by atoms with E-state index in [1.807, 2.05) is 0 Å². The lowest BCUT2D eigenvalue weighted by Crippen LogP contribution is -2.57. The van der Waals surface area contributed by atoms with Crippen LogP contribution in [-0.4, -0.2) is 45.4 Å². The van der Waals surface area contributed by atoms with Crippen LogP contribution in [0, 0.1) is 23.2 Å². The molecular weight excluding hydrogens is 381 g/mol. The third-order valence-corrected chi connectivity index (χ3v) is 6.14. The van der Waals surface area contributed by atoms with Crippen molar-refractivity contribution in [3.63, 3.8) is 0 Å². The molecular formula is C18H15F3N2O5. The molecule has 3 heterocycles. The standard InChI is InChI=1S/C18H15F3N2O5/c1-16-10-11(17(2,28-16)13(25)12(16)24)15(27)23(14(10)26)8-5-3-4-7(6-22)9(8)18(19,20)21/h3-5,10-13,24-25H,1-2H3. The molecule has 10 heteroatoms. The summed E-state index contributed by atoms with van der Waals surface area (Å²) in [6.07, 6.45) is -7.95. The minimum Gasteiger partial charge on any atom is -0.387 e. The number of aliphatic hydroxyl groups is 2. The van der Waals surface area contributed by atoms with E-state index in [4.69, 9.17) is 10.00 Å². The summed E-state index contributed by atoms with van der Waals surface area (Å²) >= 11 is 0. The molecule has 148 valence electrons. The zero-order chi connectivity index (χ0) is 20.8. The van der Waals surface area contributed by atoms with Gasteiger partial charge in [-0.3, -0.25) is 9.59 Å². The summed E-state index contributed by atoms with van der Waals surface area (Å²) in [6, 6.07) is 4.47. The van der Waals surface area contributed by atoms with Gasteiger partial charge in [-0.2, -0.15) is 18.4 Å². The second kappa shape index (κ2) is 5.31. The van der Waals surface area contributed by atoms with E-state index in [-0.39, 0.29) is 0 Å². The number of rotatable bonds is 1. The minimum atomic E-state index is -4.98. The predicted molar refractivity (Wildman–Crippen MR) is 85.5 cm³/mol. The second-order valence-corrected chi connectivity index (χ2v) is 7.64. The van der Waals surface area contributed by atoms with Crippen LogP contribution < -0.4 is 4.90 Å². The summed E-state index contributed by atoms with van der Waals surface area (Å²) in [4.78, 5) is 26.5. The Balaban J connectivity index is 1.90. The molecule has 3 aliphatic rings. The quantitative estimate of drug-likeness (QED) is 0.685. The molecule has 2 amide bonds. The fourth-order valence-electron chi connectivity index (χ4n) is 4.90. The number of carbonyl (C=O) groups excluding carboxylic acids is 2. The SMILES string of the molecule is CC12OC(C)(C(O)C1O)C1C(=O)N(c3cccc(C#N)c3C(F)(F)F)C(=O)C12. The third kappa shape index (κ3) is 1.98. The largest absolute Gasteiger partial charge is 0.419 e. The number of nitriles is 1. The molecule has 0 aromatic heterocycles. The Morgan fingerprint density at radius 2 is 1.61 bits per heavy atom. The topological polar surface area (TPSA) is 111 Å². The number of nitrogens with zero attached hydrogens (tertiary/aromatic N) is 2. The highest BCUT2D eigenvalue weighted by Crippen LogP contribution is 2.61. The van der Waals surface area contributed by atoms with Crippen LogP contribution >= 0.6 is 0 Å². The van der Waals surface area contributed by atoms with Crippen molar-refractivity contribution in [1.29, 1.82) is 5.26 Å². The first-order valence-corrected chi connectivity index (χ1v) is 8.44. The number of ether oxygens (including phenoxy) is 1. The third-order valence-electron chi connectivity index (χ3n) is 6.14. The number of hydrogen-bond donors (Lipinski definition) is 2. The Morgan fingerprint density at radius 1 is 1.11 bits per heavy atom. The summed E-state index contributed by atoms with van der Waals surface area (Å²) in [5.74, 6) is -4.44. The van der Waals surface area contributed by atoms with Gasteiger partial charge in [-0.1, -0.05) is 6.07 Å². The van der Waals surface area contributed by atoms with E-state index < -0.39 is 70.1 Å². The van der Waals surface area contributed by atoms with Crippen LogP contribution in [0.3, 0.4) is 0 Å². The molecule has 6 atom stereocenters. The smallest absolute Gasteiger partial charge is 0.387 e. The maximum absolute atomic E-state index is 13.6. The number of alkyl halides is 3. The van der Waals surface area contributed by atoms with Crippen LogP contribution in [-0.2, 0) is 20.5 Å². The van der Waals surface area contributed by atoms with Crippen LogP contribution in [0.5, 0.6) is 0 Å². The normalized spacial score (nSPS) is 39.4. The summed E-state index contributed by atoms with van der Waals surface area (Å²) in [7, 11) is 0. The van der Waals surface area contributed by atoms with Crippen LogP contribution in [0.1, 0.15) is 25.0 Å². The van der Waals surface area contributed by atoms with E-state index in [1.165, 1.54) is 19.9 Å². The van der Waals surface area contributed by atoms with Crippen molar-refractivity contribution in [2.24, 2.45) is 11.8 Å². The maximum Gasteiger partial charge on any atom is 0.419 e. The summed E-state index contributed by atoms with van der Waals surface area (Å²) in [5.41, 5.74) is -6.09. The van der Waals surface area contributed by atoms with Crippen LogP contribution in [0.4, 0.5) is 18.9 Å². The zero-order valence-electron chi connectivity index (χ0n) is 14.7. The first-order chi connectivity index (χ1) is 12.9. The molecule has 7 nitrogen and oxygen atoms in total. The molecule has 28 heavy (non-hydrogen) atoms. The zero-order valence-corrected chi connectivity index (χ0v) is 14.7. The summed E-state index contributed by atoms with van der Waals surface area (Å²) in [5, 5.41) is 29.7. The fourth-order valence-corrected chi connectivity index (χ4v) is 4.90. The number of halogens is 3. The lowest BCUT2D eigenvalue weighted by molar-refractivity contribution is -0.137. The fraction of sp³-hybridized carbons (Fsp3) is 0.500.